The smallest absolute Gasteiger partial charge is 0.294 e. The van der Waals surface area contributed by atoms with Gasteiger partial charge in [-0.3, -0.25) is 24.0 Å². The summed E-state index contributed by atoms with van der Waals surface area (Å²) in [6, 6.07) is 6.36. The van der Waals surface area contributed by atoms with Crippen LogP contribution in [0.3, 0.4) is 0 Å². The molecule has 9 nitrogen and oxygen atoms in total. The second-order valence-corrected chi connectivity index (χ2v) is 9.00. The Morgan fingerprint density at radius 2 is 1.86 bits per heavy atom. The second kappa shape index (κ2) is 8.33. The number of hydrogen-bond donors (Lipinski definition) is 1. The molecule has 0 aliphatic carbocycles. The van der Waals surface area contributed by atoms with E-state index in [1.54, 1.807) is 29.2 Å². The molecule has 3 amide bonds. The van der Waals surface area contributed by atoms with Crippen LogP contribution in [0.5, 0.6) is 0 Å². The Morgan fingerprint density at radius 1 is 1.21 bits per heavy atom. The van der Waals surface area contributed by atoms with Gasteiger partial charge in [-0.15, -0.1) is 0 Å². The molecule has 3 rings (SSSR count). The van der Waals surface area contributed by atoms with Crippen molar-refractivity contribution in [2.75, 3.05) is 43.8 Å². The molecule has 11 heteroatoms. The van der Waals surface area contributed by atoms with Crippen LogP contribution in [0, 0.1) is 0 Å². The monoisotopic (exact) mass is 425 g/mol. The predicted octanol–water partition coefficient (Wildman–Crippen LogP) is 0.953. The van der Waals surface area contributed by atoms with E-state index in [0.29, 0.717) is 37.6 Å². The number of morpholine rings is 1. The molecule has 1 aromatic carbocycles. The Labute approximate surface area is 166 Å². The molecule has 2 aliphatic heterocycles. The highest BCUT2D eigenvalue weighted by Gasteiger charge is 2.37. The van der Waals surface area contributed by atoms with Gasteiger partial charge in [0.1, 0.15) is 6.54 Å². The molecule has 0 aromatic heterocycles. The van der Waals surface area contributed by atoms with Crippen LogP contribution >= 0.6 is 11.8 Å². The van der Waals surface area contributed by atoms with Crippen molar-refractivity contribution in [3.8, 4) is 0 Å². The molecular weight excluding hydrogens is 406 g/mol. The van der Waals surface area contributed by atoms with Crippen molar-refractivity contribution in [1.82, 2.24) is 9.80 Å². The van der Waals surface area contributed by atoms with Crippen LogP contribution in [0.25, 0.3) is 6.08 Å². The van der Waals surface area contributed by atoms with Crippen molar-refractivity contribution in [1.29, 1.82) is 0 Å². The standard InChI is InChI=1S/C17H19N3O6S2/c1-28(24,25)18-13-4-2-12(3-5-13)10-14-16(22)20(17(23)27-14)11-15(21)19-6-8-26-9-7-19/h2-5,10,18H,6-9,11H2,1H3/b14-10-. The van der Waals surface area contributed by atoms with Crippen LogP contribution in [0.4, 0.5) is 10.5 Å². The minimum atomic E-state index is -3.38. The third-order valence-corrected chi connectivity index (χ3v) is 5.56. The van der Waals surface area contributed by atoms with Gasteiger partial charge in [0.15, 0.2) is 0 Å². The lowest BCUT2D eigenvalue weighted by Crippen LogP contribution is -2.46. The van der Waals surface area contributed by atoms with Crippen molar-refractivity contribution in [3.05, 3.63) is 34.7 Å². The molecule has 0 radical (unpaired) electrons. The van der Waals surface area contributed by atoms with Gasteiger partial charge in [0.25, 0.3) is 11.1 Å². The van der Waals surface area contributed by atoms with Gasteiger partial charge >= 0.3 is 0 Å². The summed E-state index contributed by atoms with van der Waals surface area (Å²) in [5, 5.41) is -0.492. The van der Waals surface area contributed by atoms with E-state index < -0.39 is 21.2 Å². The lowest BCUT2D eigenvalue weighted by atomic mass is 10.2. The number of imide groups is 1. The van der Waals surface area contributed by atoms with Gasteiger partial charge in [0.2, 0.25) is 15.9 Å². The average Bonchev–Trinajstić information content (AvgIpc) is 2.90. The number of benzene rings is 1. The van der Waals surface area contributed by atoms with Gasteiger partial charge in [-0.25, -0.2) is 8.42 Å². The number of anilines is 1. The molecule has 0 saturated carbocycles. The number of nitrogens with one attached hydrogen (secondary N) is 1. The summed E-state index contributed by atoms with van der Waals surface area (Å²) in [7, 11) is -3.38. The largest absolute Gasteiger partial charge is 0.378 e. The summed E-state index contributed by atoms with van der Waals surface area (Å²) in [4.78, 5) is 39.7. The van der Waals surface area contributed by atoms with Crippen molar-refractivity contribution >= 4 is 50.6 Å². The lowest BCUT2D eigenvalue weighted by Gasteiger charge is -2.28. The van der Waals surface area contributed by atoms with Gasteiger partial charge < -0.3 is 9.64 Å². The fraction of sp³-hybridized carbons (Fsp3) is 0.353. The summed E-state index contributed by atoms with van der Waals surface area (Å²) in [5.74, 6) is -0.807. The highest BCUT2D eigenvalue weighted by molar-refractivity contribution is 8.18. The van der Waals surface area contributed by atoms with Crippen LogP contribution < -0.4 is 4.72 Å². The molecule has 0 spiro atoms. The molecule has 0 atom stereocenters. The summed E-state index contributed by atoms with van der Waals surface area (Å²) in [6.07, 6.45) is 2.59. The van der Waals surface area contributed by atoms with E-state index in [4.69, 9.17) is 4.74 Å². The van der Waals surface area contributed by atoms with Crippen LogP contribution in [0.2, 0.25) is 0 Å². The average molecular weight is 425 g/mol. The third-order valence-electron chi connectivity index (χ3n) is 4.04. The van der Waals surface area contributed by atoms with Gasteiger partial charge in [-0.05, 0) is 35.5 Å². The van der Waals surface area contributed by atoms with Crippen LogP contribution in [0.15, 0.2) is 29.2 Å². The van der Waals surface area contributed by atoms with E-state index in [2.05, 4.69) is 4.72 Å². The minimum Gasteiger partial charge on any atom is -0.378 e. The Bertz CT molecular complexity index is 921. The normalized spacial score (nSPS) is 19.4. The maximum Gasteiger partial charge on any atom is 0.294 e. The van der Waals surface area contributed by atoms with E-state index in [9.17, 15) is 22.8 Å². The van der Waals surface area contributed by atoms with E-state index in [-0.39, 0.29) is 17.4 Å². The van der Waals surface area contributed by atoms with Crippen molar-refractivity contribution < 1.29 is 27.5 Å². The summed E-state index contributed by atoms with van der Waals surface area (Å²) in [6.45, 7) is 1.48. The molecule has 2 aliphatic rings. The summed E-state index contributed by atoms with van der Waals surface area (Å²) in [5.41, 5.74) is 1.02. The Balaban J connectivity index is 1.67. The minimum absolute atomic E-state index is 0.212. The number of thioether (sulfide) groups is 1. The number of rotatable bonds is 5. The first-order valence-electron chi connectivity index (χ1n) is 8.42. The number of amides is 3. The van der Waals surface area contributed by atoms with E-state index in [0.717, 1.165) is 22.9 Å². The number of ether oxygens (including phenoxy) is 1. The highest BCUT2D eigenvalue weighted by atomic mass is 32.2. The fourth-order valence-electron chi connectivity index (χ4n) is 2.70. The number of hydrogen-bond acceptors (Lipinski definition) is 7. The molecule has 150 valence electrons. The number of sulfonamides is 1. The first-order valence-corrected chi connectivity index (χ1v) is 11.1. The number of nitrogens with zero attached hydrogens (tertiary/aromatic N) is 2. The van der Waals surface area contributed by atoms with E-state index in [1.807, 2.05) is 0 Å². The van der Waals surface area contributed by atoms with Gasteiger partial charge in [0, 0.05) is 18.8 Å². The zero-order valence-electron chi connectivity index (χ0n) is 15.1. The van der Waals surface area contributed by atoms with E-state index >= 15 is 0 Å². The first kappa shape index (κ1) is 20.4. The summed E-state index contributed by atoms with van der Waals surface area (Å²) >= 11 is 0.771. The highest BCUT2D eigenvalue weighted by Crippen LogP contribution is 2.32. The fourth-order valence-corrected chi connectivity index (χ4v) is 4.10. The molecule has 2 saturated heterocycles. The molecule has 0 unspecified atom stereocenters. The van der Waals surface area contributed by atoms with Crippen LogP contribution in [0.1, 0.15) is 5.56 Å². The number of carbonyl (C=O) groups is 3. The topological polar surface area (TPSA) is 113 Å². The molecule has 28 heavy (non-hydrogen) atoms. The van der Waals surface area contributed by atoms with Crippen molar-refractivity contribution in [3.63, 3.8) is 0 Å². The molecule has 2 heterocycles. The van der Waals surface area contributed by atoms with Crippen LogP contribution in [-0.2, 0) is 24.3 Å². The van der Waals surface area contributed by atoms with Crippen molar-refractivity contribution in [2.45, 2.75) is 0 Å². The molecule has 1 N–H and O–H groups in total. The number of carbonyl (C=O) groups excluding carboxylic acids is 3. The summed E-state index contributed by atoms with van der Waals surface area (Å²) < 4.78 is 30.0. The molecule has 1 aromatic rings. The first-order chi connectivity index (χ1) is 13.2. The Morgan fingerprint density at radius 3 is 2.46 bits per heavy atom. The van der Waals surface area contributed by atoms with E-state index in [1.165, 1.54) is 6.08 Å². The predicted molar refractivity (Wildman–Crippen MR) is 105 cm³/mol. The Hall–Kier alpha value is -2.37. The second-order valence-electron chi connectivity index (χ2n) is 6.26. The molecule has 0 bridgehead atoms. The molecular formula is C17H19N3O6S2. The van der Waals surface area contributed by atoms with Crippen LogP contribution in [-0.4, -0.2) is 74.4 Å². The zero-order chi connectivity index (χ0) is 20.3. The van der Waals surface area contributed by atoms with Crippen molar-refractivity contribution in [2.24, 2.45) is 0 Å². The quantitative estimate of drug-likeness (QED) is 0.699. The maximum absolute atomic E-state index is 12.5. The maximum atomic E-state index is 12.5. The SMILES string of the molecule is CS(=O)(=O)Nc1ccc(/C=C2\SC(=O)N(CC(=O)N3CCOCC3)C2=O)cc1. The zero-order valence-corrected chi connectivity index (χ0v) is 16.7. The molecule has 2 fully saturated rings. The van der Waals surface area contributed by atoms with Gasteiger partial charge in [-0.2, -0.15) is 0 Å². The third kappa shape index (κ3) is 5.12. The lowest BCUT2D eigenvalue weighted by molar-refractivity contribution is -0.139. The van der Waals surface area contributed by atoms with Gasteiger partial charge in [-0.1, -0.05) is 12.1 Å². The Kier molecular flexibility index (Phi) is 6.06. The van der Waals surface area contributed by atoms with Gasteiger partial charge in [0.05, 0.1) is 24.4 Å².